The van der Waals surface area contributed by atoms with Crippen LogP contribution in [0.4, 0.5) is 5.82 Å². The summed E-state index contributed by atoms with van der Waals surface area (Å²) in [4.78, 5) is 21.7. The molecule has 0 atom stereocenters. The maximum absolute atomic E-state index is 11.1. The Morgan fingerprint density at radius 3 is 2.71 bits per heavy atom. The van der Waals surface area contributed by atoms with E-state index in [0.717, 1.165) is 11.4 Å². The van der Waals surface area contributed by atoms with Crippen molar-refractivity contribution in [3.63, 3.8) is 0 Å². The van der Waals surface area contributed by atoms with E-state index in [0.29, 0.717) is 18.9 Å². The third kappa shape index (κ3) is 3.92. The molecular weight excluding hydrogens is 290 g/mol. The molecule has 2 aromatic heterocycles. The number of halogens is 1. The van der Waals surface area contributed by atoms with Crippen LogP contribution in [0.2, 0.25) is 5.15 Å². The predicted octanol–water partition coefficient (Wildman–Crippen LogP) is 3.16. The molecule has 0 aliphatic heterocycles. The van der Waals surface area contributed by atoms with E-state index < -0.39 is 5.97 Å². The summed E-state index contributed by atoms with van der Waals surface area (Å²) >= 11 is 5.91. The number of hydrogen-bond acceptors (Lipinski definition) is 4. The Hall–Kier alpha value is -2.14. The largest absolute Gasteiger partial charge is 0.478 e. The molecule has 21 heavy (non-hydrogen) atoms. The van der Waals surface area contributed by atoms with Crippen LogP contribution in [0.1, 0.15) is 28.7 Å². The van der Waals surface area contributed by atoms with Gasteiger partial charge in [-0.1, -0.05) is 17.7 Å². The molecule has 2 heterocycles. The normalized spacial score (nSPS) is 10.4. The molecule has 2 aromatic rings. The van der Waals surface area contributed by atoms with Crippen molar-refractivity contribution in [3.05, 3.63) is 52.4 Å². The van der Waals surface area contributed by atoms with Crippen molar-refractivity contribution in [1.82, 2.24) is 9.97 Å². The number of hydrogen-bond donors (Lipinski definition) is 1. The molecule has 5 nitrogen and oxygen atoms in total. The van der Waals surface area contributed by atoms with E-state index in [1.54, 1.807) is 0 Å². The summed E-state index contributed by atoms with van der Waals surface area (Å²) < 4.78 is 0. The lowest BCUT2D eigenvalue weighted by Gasteiger charge is -2.22. The van der Waals surface area contributed by atoms with Crippen molar-refractivity contribution in [2.24, 2.45) is 0 Å². The van der Waals surface area contributed by atoms with Gasteiger partial charge in [-0.15, -0.1) is 0 Å². The summed E-state index contributed by atoms with van der Waals surface area (Å²) in [5.74, 6) is -0.490. The number of anilines is 1. The summed E-state index contributed by atoms with van der Waals surface area (Å²) in [6.07, 6.45) is 0. The number of carbonyl (C=O) groups is 1. The minimum absolute atomic E-state index is 0.126. The first kappa shape index (κ1) is 15.3. The van der Waals surface area contributed by atoms with Gasteiger partial charge >= 0.3 is 5.97 Å². The molecule has 0 aliphatic rings. The van der Waals surface area contributed by atoms with Gasteiger partial charge in [-0.25, -0.2) is 9.78 Å². The van der Waals surface area contributed by atoms with E-state index in [2.05, 4.69) is 9.97 Å². The van der Waals surface area contributed by atoms with Crippen molar-refractivity contribution in [2.45, 2.75) is 20.4 Å². The minimum Gasteiger partial charge on any atom is -0.478 e. The first-order valence-electron chi connectivity index (χ1n) is 6.58. The predicted molar refractivity (Wildman–Crippen MR) is 81.9 cm³/mol. The average molecular weight is 306 g/mol. The molecular formula is C15H16ClN3O2. The highest BCUT2D eigenvalue weighted by Gasteiger charge is 2.13. The van der Waals surface area contributed by atoms with Crippen LogP contribution in [0.3, 0.4) is 0 Å². The van der Waals surface area contributed by atoms with Gasteiger partial charge < -0.3 is 10.0 Å². The van der Waals surface area contributed by atoms with Gasteiger partial charge in [-0.2, -0.15) is 0 Å². The number of aromatic carboxylic acids is 1. The average Bonchev–Trinajstić information content (AvgIpc) is 2.44. The quantitative estimate of drug-likeness (QED) is 0.860. The molecule has 6 heteroatoms. The lowest BCUT2D eigenvalue weighted by atomic mass is 10.2. The molecule has 0 aromatic carbocycles. The van der Waals surface area contributed by atoms with Crippen molar-refractivity contribution in [1.29, 1.82) is 0 Å². The van der Waals surface area contributed by atoms with Gasteiger partial charge in [0.1, 0.15) is 11.0 Å². The van der Waals surface area contributed by atoms with Crippen LogP contribution in [0.15, 0.2) is 30.3 Å². The van der Waals surface area contributed by atoms with Crippen molar-refractivity contribution < 1.29 is 9.90 Å². The first-order valence-corrected chi connectivity index (χ1v) is 6.95. The van der Waals surface area contributed by atoms with E-state index in [4.69, 9.17) is 16.7 Å². The fraction of sp³-hybridized carbons (Fsp3) is 0.267. The molecule has 0 aliphatic carbocycles. The second-order valence-corrected chi connectivity index (χ2v) is 5.01. The lowest BCUT2D eigenvalue weighted by molar-refractivity contribution is 0.0697. The van der Waals surface area contributed by atoms with Gasteiger partial charge in [0.25, 0.3) is 0 Å². The summed E-state index contributed by atoms with van der Waals surface area (Å²) in [7, 11) is 0. The van der Waals surface area contributed by atoms with E-state index in [-0.39, 0.29) is 10.7 Å². The highest BCUT2D eigenvalue weighted by molar-refractivity contribution is 6.29. The van der Waals surface area contributed by atoms with Crippen molar-refractivity contribution >= 4 is 23.4 Å². The number of aryl methyl sites for hydroxylation is 1. The minimum atomic E-state index is -1.02. The molecule has 0 fully saturated rings. The van der Waals surface area contributed by atoms with Crippen LogP contribution in [-0.4, -0.2) is 27.6 Å². The van der Waals surface area contributed by atoms with E-state index in [1.807, 2.05) is 36.9 Å². The standard InChI is InChI=1S/C15H16ClN3O2/c1-3-19(9-12-6-4-5-10(2)17-12)14-8-11(15(20)21)7-13(16)18-14/h4-8H,3,9H2,1-2H3,(H,20,21). The molecule has 0 radical (unpaired) electrons. The third-order valence-electron chi connectivity index (χ3n) is 3.03. The molecule has 110 valence electrons. The fourth-order valence-corrected chi connectivity index (χ4v) is 2.21. The van der Waals surface area contributed by atoms with Crippen LogP contribution in [-0.2, 0) is 6.54 Å². The van der Waals surface area contributed by atoms with Crippen LogP contribution < -0.4 is 4.90 Å². The number of pyridine rings is 2. The topological polar surface area (TPSA) is 66.3 Å². The second kappa shape index (κ2) is 6.54. The Morgan fingerprint density at radius 2 is 2.10 bits per heavy atom. The summed E-state index contributed by atoms with van der Waals surface area (Å²) in [6.45, 7) is 5.12. The van der Waals surface area contributed by atoms with Crippen LogP contribution in [0.5, 0.6) is 0 Å². The summed E-state index contributed by atoms with van der Waals surface area (Å²) in [6, 6.07) is 8.66. The Morgan fingerprint density at radius 1 is 1.33 bits per heavy atom. The number of aromatic nitrogens is 2. The van der Waals surface area contributed by atoms with Gasteiger partial charge in [0, 0.05) is 12.2 Å². The zero-order valence-corrected chi connectivity index (χ0v) is 12.6. The van der Waals surface area contributed by atoms with Gasteiger partial charge in [-0.05, 0) is 38.1 Å². The zero-order chi connectivity index (χ0) is 15.4. The molecule has 1 N–H and O–H groups in total. The Labute approximate surface area is 128 Å². The molecule has 0 spiro atoms. The van der Waals surface area contributed by atoms with E-state index in [1.165, 1.54) is 12.1 Å². The molecule has 0 saturated heterocycles. The Kier molecular flexibility index (Phi) is 4.75. The zero-order valence-electron chi connectivity index (χ0n) is 11.9. The second-order valence-electron chi connectivity index (χ2n) is 4.63. The molecule has 0 bridgehead atoms. The van der Waals surface area contributed by atoms with Gasteiger partial charge in [0.2, 0.25) is 0 Å². The van der Waals surface area contributed by atoms with Crippen LogP contribution in [0, 0.1) is 6.92 Å². The first-order chi connectivity index (χ1) is 9.99. The fourth-order valence-electron chi connectivity index (χ4n) is 2.01. The maximum Gasteiger partial charge on any atom is 0.335 e. The molecule has 0 saturated carbocycles. The van der Waals surface area contributed by atoms with Crippen LogP contribution >= 0.6 is 11.6 Å². The maximum atomic E-state index is 11.1. The van der Waals surface area contributed by atoms with Crippen molar-refractivity contribution in [3.8, 4) is 0 Å². The Bertz CT molecular complexity index is 661. The van der Waals surface area contributed by atoms with E-state index >= 15 is 0 Å². The van der Waals surface area contributed by atoms with Crippen molar-refractivity contribution in [2.75, 3.05) is 11.4 Å². The lowest BCUT2D eigenvalue weighted by Crippen LogP contribution is -2.24. The van der Waals surface area contributed by atoms with Gasteiger partial charge in [0.05, 0.1) is 17.8 Å². The number of carboxylic acid groups (broad SMARTS) is 1. The molecule has 0 amide bonds. The smallest absolute Gasteiger partial charge is 0.335 e. The SMILES string of the molecule is CCN(Cc1cccc(C)n1)c1cc(C(=O)O)cc(Cl)n1. The highest BCUT2D eigenvalue weighted by atomic mass is 35.5. The summed E-state index contributed by atoms with van der Waals surface area (Å²) in [5, 5.41) is 9.26. The van der Waals surface area contributed by atoms with E-state index in [9.17, 15) is 4.79 Å². The number of rotatable bonds is 5. The molecule has 0 unspecified atom stereocenters. The monoisotopic (exact) mass is 305 g/mol. The third-order valence-corrected chi connectivity index (χ3v) is 3.23. The molecule has 2 rings (SSSR count). The summed E-state index contributed by atoms with van der Waals surface area (Å²) in [5.41, 5.74) is 1.96. The van der Waals surface area contributed by atoms with Gasteiger partial charge in [0.15, 0.2) is 0 Å². The van der Waals surface area contributed by atoms with Crippen LogP contribution in [0.25, 0.3) is 0 Å². The van der Waals surface area contributed by atoms with Gasteiger partial charge in [-0.3, -0.25) is 4.98 Å². The highest BCUT2D eigenvalue weighted by Crippen LogP contribution is 2.20. The number of nitrogens with zero attached hydrogens (tertiary/aromatic N) is 3. The number of carboxylic acids is 1. The Balaban J connectivity index is 2.31.